The van der Waals surface area contributed by atoms with Crippen LogP contribution in [0.25, 0.3) is 0 Å². The Balaban J connectivity index is 2.65. The summed E-state index contributed by atoms with van der Waals surface area (Å²) in [7, 11) is 0. The van der Waals surface area contributed by atoms with E-state index in [1.807, 2.05) is 0 Å². The summed E-state index contributed by atoms with van der Waals surface area (Å²) in [5, 5.41) is 0. The van der Waals surface area contributed by atoms with Gasteiger partial charge >= 0.3 is 21.2 Å². The minimum absolute atomic E-state index is 0.0116. The molecule has 0 bridgehead atoms. The van der Waals surface area contributed by atoms with Crippen molar-refractivity contribution in [2.45, 2.75) is 20.8 Å². The van der Waals surface area contributed by atoms with Crippen molar-refractivity contribution in [1.29, 1.82) is 0 Å². The average Bonchev–Trinajstić information content (AvgIpc) is 2.14. The van der Waals surface area contributed by atoms with Crippen LogP contribution in [0, 0.1) is 8.99 Å². The fourth-order valence-corrected chi connectivity index (χ4v) is 3.74. The Kier molecular flexibility index (Phi) is 4.64. The van der Waals surface area contributed by atoms with Gasteiger partial charge in [-0.3, -0.25) is 0 Å². The maximum absolute atomic E-state index is 3.64. The van der Waals surface area contributed by atoms with Crippen LogP contribution in [0.3, 0.4) is 0 Å². The summed E-state index contributed by atoms with van der Waals surface area (Å²) >= 11 is 3.66. The predicted octanol–water partition coefficient (Wildman–Crippen LogP) is 1.23. The van der Waals surface area contributed by atoms with Gasteiger partial charge in [0, 0.05) is 4.48 Å². The monoisotopic (exact) mass is 365 g/mol. The van der Waals surface area contributed by atoms with E-state index in [0.29, 0.717) is 0 Å². The van der Waals surface area contributed by atoms with Crippen LogP contribution in [0.1, 0.15) is 20.8 Å². The molecule has 0 spiro atoms. The molecule has 0 N–H and O–H groups in total. The summed E-state index contributed by atoms with van der Waals surface area (Å²) in [6.45, 7) is 6.67. The van der Waals surface area contributed by atoms with E-state index in [1.165, 1.54) is 8.05 Å². The maximum Gasteiger partial charge on any atom is 0.350 e. The van der Waals surface area contributed by atoms with Gasteiger partial charge in [0.2, 0.25) is 0 Å². The summed E-state index contributed by atoms with van der Waals surface area (Å²) < 4.78 is 5.14. The van der Waals surface area contributed by atoms with Crippen LogP contribution in [0.2, 0.25) is 0 Å². The topological polar surface area (TPSA) is 0 Å². The Bertz CT molecular complexity index is 309. The summed E-state index contributed by atoms with van der Waals surface area (Å²) in [6, 6.07) is 10.7. The van der Waals surface area contributed by atoms with Gasteiger partial charge < -0.3 is 0 Å². The zero-order chi connectivity index (χ0) is 10.6. The van der Waals surface area contributed by atoms with E-state index < -0.39 is 0 Å². The zero-order valence-electron chi connectivity index (χ0n) is 8.72. The van der Waals surface area contributed by atoms with Crippen LogP contribution in [0.15, 0.2) is 38.9 Å². The minimum atomic E-state index is 0.0116. The first-order valence-electron chi connectivity index (χ1n) is 4.55. The molecule has 0 aliphatic carbocycles. The third-order valence-corrected chi connectivity index (χ3v) is 6.37. The first kappa shape index (κ1) is 12.2. The van der Waals surface area contributed by atoms with Crippen LogP contribution in [-0.2, 0) is 0 Å². The first-order chi connectivity index (χ1) is 6.50. The number of halogens is 2. The van der Waals surface area contributed by atoms with Gasteiger partial charge in [0.05, 0.1) is 0 Å². The van der Waals surface area contributed by atoms with Gasteiger partial charge in [-0.25, -0.2) is 0 Å². The SMILES string of the molecule is CC(C)(C)/C(Br)=C/[I+]c1ccccc1. The van der Waals surface area contributed by atoms with Crippen LogP contribution in [-0.4, -0.2) is 0 Å². The Hall–Kier alpha value is 0.170. The van der Waals surface area contributed by atoms with Gasteiger partial charge in [-0.1, -0.05) is 54.9 Å². The zero-order valence-corrected chi connectivity index (χ0v) is 12.5. The Morgan fingerprint density at radius 3 is 2.29 bits per heavy atom. The molecule has 0 aliphatic heterocycles. The van der Waals surface area contributed by atoms with Crippen LogP contribution in [0.5, 0.6) is 0 Å². The standard InChI is InChI=1S/C12H15BrI/c1-12(2,3)11(13)9-14-10-7-5-4-6-8-10/h4-9H,1-3H3/q+1/b11-9-. The van der Waals surface area contributed by atoms with Crippen LogP contribution in [0.4, 0.5) is 0 Å². The first-order valence-corrected chi connectivity index (χ1v) is 7.66. The number of hydrogen-bond donors (Lipinski definition) is 0. The smallest absolute Gasteiger partial charge is 0.0619 e. The molecule has 1 rings (SSSR count). The van der Waals surface area contributed by atoms with E-state index in [9.17, 15) is 0 Å². The van der Waals surface area contributed by atoms with Crippen molar-refractivity contribution in [3.8, 4) is 0 Å². The lowest BCUT2D eigenvalue weighted by Gasteiger charge is -2.14. The molecule has 0 aromatic heterocycles. The molecule has 0 atom stereocenters. The molecule has 0 radical (unpaired) electrons. The van der Waals surface area contributed by atoms with Crippen molar-refractivity contribution in [3.05, 3.63) is 42.5 Å². The summed E-state index contributed by atoms with van der Waals surface area (Å²) in [5.74, 6) is 0. The van der Waals surface area contributed by atoms with E-state index >= 15 is 0 Å². The second-order valence-electron chi connectivity index (χ2n) is 4.11. The molecule has 14 heavy (non-hydrogen) atoms. The quantitative estimate of drug-likeness (QED) is 0.691. The molecule has 0 heterocycles. The lowest BCUT2D eigenvalue weighted by Crippen LogP contribution is -3.59. The molecule has 0 nitrogen and oxygen atoms in total. The van der Waals surface area contributed by atoms with Gasteiger partial charge in [-0.2, -0.15) is 0 Å². The van der Waals surface area contributed by atoms with Gasteiger partial charge in [-0.05, 0) is 17.5 Å². The van der Waals surface area contributed by atoms with E-state index in [0.717, 1.165) is 0 Å². The largest absolute Gasteiger partial charge is 0.350 e. The highest BCUT2D eigenvalue weighted by Gasteiger charge is 2.18. The molecule has 76 valence electrons. The molecule has 2 heteroatoms. The summed E-state index contributed by atoms with van der Waals surface area (Å²) in [4.78, 5) is 0. The van der Waals surface area contributed by atoms with Gasteiger partial charge in [0.25, 0.3) is 0 Å². The molecule has 0 saturated heterocycles. The molecule has 1 aromatic rings. The fourth-order valence-electron chi connectivity index (χ4n) is 0.762. The normalized spacial score (nSPS) is 13.0. The minimum Gasteiger partial charge on any atom is -0.0619 e. The van der Waals surface area contributed by atoms with Crippen LogP contribution < -0.4 is 21.2 Å². The number of benzene rings is 1. The Labute approximate surface area is 105 Å². The predicted molar refractivity (Wildman–Crippen MR) is 61.6 cm³/mol. The molecule has 0 amide bonds. The average molecular weight is 366 g/mol. The second kappa shape index (κ2) is 5.31. The Morgan fingerprint density at radius 2 is 1.79 bits per heavy atom. The van der Waals surface area contributed by atoms with E-state index in [-0.39, 0.29) is 26.6 Å². The van der Waals surface area contributed by atoms with Crippen molar-refractivity contribution < 1.29 is 21.2 Å². The third kappa shape index (κ3) is 4.13. The molecule has 0 saturated carbocycles. The summed E-state index contributed by atoms with van der Waals surface area (Å²) in [6.07, 6.45) is 0. The molecule has 1 aromatic carbocycles. The van der Waals surface area contributed by atoms with Gasteiger partial charge in [0.15, 0.2) is 7.65 Å². The van der Waals surface area contributed by atoms with E-state index in [1.54, 1.807) is 0 Å². The molecule has 0 fully saturated rings. The number of hydrogen-bond acceptors (Lipinski definition) is 0. The molecular weight excluding hydrogens is 351 g/mol. The van der Waals surface area contributed by atoms with Gasteiger partial charge in [0.1, 0.15) is 0 Å². The molecular formula is C12H15BrI+. The van der Waals surface area contributed by atoms with Crippen molar-refractivity contribution in [2.24, 2.45) is 5.41 Å². The van der Waals surface area contributed by atoms with E-state index in [4.69, 9.17) is 0 Å². The third-order valence-electron chi connectivity index (χ3n) is 1.73. The molecule has 0 aliphatic rings. The lowest BCUT2D eigenvalue weighted by molar-refractivity contribution is -0.557. The summed E-state index contributed by atoms with van der Waals surface area (Å²) in [5.41, 5.74) is 0.245. The van der Waals surface area contributed by atoms with Crippen molar-refractivity contribution >= 4 is 15.9 Å². The highest BCUT2D eigenvalue weighted by molar-refractivity contribution is 9.11. The number of allylic oxidation sites excluding steroid dienone is 1. The van der Waals surface area contributed by atoms with Gasteiger partial charge in [-0.15, -0.1) is 0 Å². The highest BCUT2D eigenvalue weighted by atomic mass is 127. The second-order valence-corrected chi connectivity index (χ2v) is 7.46. The van der Waals surface area contributed by atoms with Crippen molar-refractivity contribution in [3.63, 3.8) is 0 Å². The van der Waals surface area contributed by atoms with E-state index in [2.05, 4.69) is 71.1 Å². The Morgan fingerprint density at radius 1 is 1.21 bits per heavy atom. The molecule has 0 unspecified atom stereocenters. The van der Waals surface area contributed by atoms with Crippen LogP contribution >= 0.6 is 15.9 Å². The van der Waals surface area contributed by atoms with Crippen molar-refractivity contribution in [2.75, 3.05) is 0 Å². The highest BCUT2D eigenvalue weighted by Crippen LogP contribution is 2.28. The van der Waals surface area contributed by atoms with Crippen molar-refractivity contribution in [1.82, 2.24) is 0 Å². The number of rotatable bonds is 2. The lowest BCUT2D eigenvalue weighted by atomic mass is 9.98. The fraction of sp³-hybridized carbons (Fsp3) is 0.333. The maximum atomic E-state index is 3.64.